The van der Waals surface area contributed by atoms with Gasteiger partial charge in [0.05, 0.1) is 7.11 Å². The van der Waals surface area contributed by atoms with E-state index in [2.05, 4.69) is 0 Å². The number of rotatable bonds is 5. The van der Waals surface area contributed by atoms with Crippen LogP contribution in [0.2, 0.25) is 0 Å². The van der Waals surface area contributed by atoms with Crippen molar-refractivity contribution in [2.24, 2.45) is 0 Å². The monoisotopic (exact) mass is 280 g/mol. The Hall–Kier alpha value is -2.34. The van der Waals surface area contributed by atoms with E-state index in [1.54, 1.807) is 6.07 Å². The predicted octanol–water partition coefficient (Wildman–Crippen LogP) is 1.86. The van der Waals surface area contributed by atoms with Gasteiger partial charge in [-0.1, -0.05) is 12.1 Å². The number of benzene rings is 1. The summed E-state index contributed by atoms with van der Waals surface area (Å²) in [5, 5.41) is 8.82. The van der Waals surface area contributed by atoms with E-state index in [-0.39, 0.29) is 36.0 Å². The second-order valence-corrected chi connectivity index (χ2v) is 3.96. The van der Waals surface area contributed by atoms with Gasteiger partial charge in [0.15, 0.2) is 11.6 Å². The fourth-order valence-electron chi connectivity index (χ4n) is 1.61. The maximum absolute atomic E-state index is 13.9. The molecule has 0 unspecified atom stereocenters. The Morgan fingerprint density at radius 3 is 2.80 bits per heavy atom. The molecule has 6 heteroatoms. The normalized spacial score (nSPS) is 10.3. The van der Waals surface area contributed by atoms with Gasteiger partial charge in [0.1, 0.15) is 25.2 Å². The quantitative estimate of drug-likeness (QED) is 0.905. The molecule has 0 aliphatic rings. The lowest BCUT2D eigenvalue weighted by Crippen LogP contribution is -2.09. The fourth-order valence-corrected chi connectivity index (χ4v) is 1.61. The Labute approximate surface area is 114 Å². The van der Waals surface area contributed by atoms with Crippen LogP contribution in [0.4, 0.5) is 4.39 Å². The number of methoxy groups -OCH3 is 1. The summed E-state index contributed by atoms with van der Waals surface area (Å²) in [5.74, 6) is -0.348. The van der Waals surface area contributed by atoms with E-state index in [4.69, 9.17) is 19.0 Å². The Morgan fingerprint density at radius 1 is 1.35 bits per heavy atom. The van der Waals surface area contributed by atoms with Crippen molar-refractivity contribution in [3.63, 3.8) is 0 Å². The fraction of sp³-hybridized carbons (Fsp3) is 0.214. The summed E-state index contributed by atoms with van der Waals surface area (Å²) < 4.78 is 28.9. The Morgan fingerprint density at radius 2 is 2.15 bits per heavy atom. The molecule has 0 atom stereocenters. The Balaban J connectivity index is 2.15. The van der Waals surface area contributed by atoms with Crippen molar-refractivity contribution in [2.75, 3.05) is 7.11 Å². The summed E-state index contributed by atoms with van der Waals surface area (Å²) in [4.78, 5) is 11.6. The standard InChI is InChI=1S/C14H13FO5/c1-18-12-4-2-3-9(14(12)15)7-20-13-8-19-10(6-16)5-11(13)17/h2-5,8,16H,6-7H2,1H3. The summed E-state index contributed by atoms with van der Waals surface area (Å²) in [5.41, 5.74) is -0.182. The number of halogens is 1. The first kappa shape index (κ1) is 14.1. The van der Waals surface area contributed by atoms with Crippen LogP contribution in [0.3, 0.4) is 0 Å². The molecular formula is C14H13FO5. The van der Waals surface area contributed by atoms with Crippen molar-refractivity contribution in [1.82, 2.24) is 0 Å². The number of aliphatic hydroxyl groups is 1. The van der Waals surface area contributed by atoms with E-state index in [9.17, 15) is 9.18 Å². The first-order valence-corrected chi connectivity index (χ1v) is 5.82. The molecule has 1 N–H and O–H groups in total. The average molecular weight is 280 g/mol. The van der Waals surface area contributed by atoms with Crippen LogP contribution in [0.25, 0.3) is 0 Å². The molecule has 5 nitrogen and oxygen atoms in total. The predicted molar refractivity (Wildman–Crippen MR) is 68.2 cm³/mol. The van der Waals surface area contributed by atoms with Crippen molar-refractivity contribution in [2.45, 2.75) is 13.2 Å². The minimum atomic E-state index is -0.536. The highest BCUT2D eigenvalue weighted by Crippen LogP contribution is 2.21. The van der Waals surface area contributed by atoms with Crippen molar-refractivity contribution in [1.29, 1.82) is 0 Å². The molecule has 0 radical (unpaired) electrons. The molecule has 0 saturated heterocycles. The van der Waals surface area contributed by atoms with Gasteiger partial charge >= 0.3 is 0 Å². The topological polar surface area (TPSA) is 68.9 Å². The first-order chi connectivity index (χ1) is 9.65. The molecule has 106 valence electrons. The van der Waals surface area contributed by atoms with Crippen LogP contribution in [-0.2, 0) is 13.2 Å². The zero-order chi connectivity index (χ0) is 14.5. The summed E-state index contributed by atoms with van der Waals surface area (Å²) in [7, 11) is 1.37. The van der Waals surface area contributed by atoms with Crippen LogP contribution in [0, 0.1) is 5.82 Å². The average Bonchev–Trinajstić information content (AvgIpc) is 2.47. The molecule has 0 bridgehead atoms. The molecule has 0 amide bonds. The Kier molecular flexibility index (Phi) is 4.37. The van der Waals surface area contributed by atoms with Crippen LogP contribution < -0.4 is 14.9 Å². The highest BCUT2D eigenvalue weighted by atomic mass is 19.1. The van der Waals surface area contributed by atoms with Gasteiger partial charge in [0.25, 0.3) is 0 Å². The lowest BCUT2D eigenvalue weighted by molar-refractivity contribution is 0.235. The van der Waals surface area contributed by atoms with E-state index in [1.807, 2.05) is 0 Å². The van der Waals surface area contributed by atoms with Crippen molar-refractivity contribution in [3.8, 4) is 11.5 Å². The maximum Gasteiger partial charge on any atom is 0.227 e. The van der Waals surface area contributed by atoms with E-state index < -0.39 is 11.2 Å². The molecular weight excluding hydrogens is 267 g/mol. The molecule has 1 aromatic heterocycles. The van der Waals surface area contributed by atoms with Gasteiger partial charge in [-0.2, -0.15) is 0 Å². The lowest BCUT2D eigenvalue weighted by atomic mass is 10.2. The zero-order valence-electron chi connectivity index (χ0n) is 10.8. The SMILES string of the molecule is COc1cccc(COc2coc(CO)cc2=O)c1F. The van der Waals surface area contributed by atoms with Crippen molar-refractivity contribution < 1.29 is 23.4 Å². The van der Waals surface area contributed by atoms with Gasteiger partial charge in [0.2, 0.25) is 11.2 Å². The molecule has 0 saturated carbocycles. The molecule has 1 heterocycles. The van der Waals surface area contributed by atoms with Gasteiger partial charge in [-0.3, -0.25) is 4.79 Å². The summed E-state index contributed by atoms with van der Waals surface area (Å²) in [6.07, 6.45) is 1.09. The molecule has 2 aromatic rings. The number of aliphatic hydroxyl groups excluding tert-OH is 1. The van der Waals surface area contributed by atoms with Gasteiger partial charge in [-0.05, 0) is 6.07 Å². The molecule has 20 heavy (non-hydrogen) atoms. The Bertz CT molecular complexity index is 650. The lowest BCUT2D eigenvalue weighted by Gasteiger charge is -2.08. The van der Waals surface area contributed by atoms with Crippen molar-refractivity contribution >= 4 is 0 Å². The van der Waals surface area contributed by atoms with Gasteiger partial charge < -0.3 is 19.0 Å². The highest BCUT2D eigenvalue weighted by Gasteiger charge is 2.10. The maximum atomic E-state index is 13.9. The first-order valence-electron chi connectivity index (χ1n) is 5.82. The van der Waals surface area contributed by atoms with Crippen molar-refractivity contribution in [3.05, 3.63) is 57.9 Å². The summed E-state index contributed by atoms with van der Waals surface area (Å²) >= 11 is 0. The second-order valence-electron chi connectivity index (χ2n) is 3.96. The third kappa shape index (κ3) is 2.97. The van der Waals surface area contributed by atoms with Gasteiger partial charge in [-0.25, -0.2) is 4.39 Å². The van der Waals surface area contributed by atoms with E-state index >= 15 is 0 Å². The summed E-state index contributed by atoms with van der Waals surface area (Å²) in [6, 6.07) is 5.76. The minimum Gasteiger partial charge on any atom is -0.494 e. The molecule has 0 fully saturated rings. The van der Waals surface area contributed by atoms with Gasteiger partial charge in [-0.15, -0.1) is 0 Å². The van der Waals surface area contributed by atoms with E-state index in [0.717, 1.165) is 12.3 Å². The van der Waals surface area contributed by atoms with Crippen LogP contribution in [0.15, 0.2) is 39.7 Å². The van der Waals surface area contributed by atoms with E-state index in [1.165, 1.54) is 19.2 Å². The largest absolute Gasteiger partial charge is 0.494 e. The van der Waals surface area contributed by atoms with Crippen LogP contribution in [0.1, 0.15) is 11.3 Å². The van der Waals surface area contributed by atoms with E-state index in [0.29, 0.717) is 0 Å². The molecule has 0 aliphatic carbocycles. The van der Waals surface area contributed by atoms with Crippen LogP contribution in [-0.4, -0.2) is 12.2 Å². The third-order valence-corrected chi connectivity index (χ3v) is 2.65. The van der Waals surface area contributed by atoms with Crippen LogP contribution in [0.5, 0.6) is 11.5 Å². The summed E-state index contributed by atoms with van der Waals surface area (Å²) in [6.45, 7) is -0.508. The second kappa shape index (κ2) is 6.21. The molecule has 2 rings (SSSR count). The number of hydrogen-bond donors (Lipinski definition) is 1. The number of hydrogen-bond acceptors (Lipinski definition) is 5. The molecule has 0 spiro atoms. The zero-order valence-corrected chi connectivity index (χ0v) is 10.8. The third-order valence-electron chi connectivity index (χ3n) is 2.65. The highest BCUT2D eigenvalue weighted by molar-refractivity contribution is 5.31. The minimum absolute atomic E-state index is 0.0515. The number of ether oxygens (including phenoxy) is 2. The molecule has 1 aromatic carbocycles. The van der Waals surface area contributed by atoms with Crippen LogP contribution >= 0.6 is 0 Å². The smallest absolute Gasteiger partial charge is 0.227 e. The molecule has 0 aliphatic heterocycles. The van der Waals surface area contributed by atoms with Gasteiger partial charge in [0, 0.05) is 11.6 Å².